The lowest BCUT2D eigenvalue weighted by Gasteiger charge is -2.42. The Hall–Kier alpha value is -0.300. The summed E-state index contributed by atoms with van der Waals surface area (Å²) in [5.74, 6) is 1.06. The first-order chi connectivity index (χ1) is 5.90. The Labute approximate surface area is 75.4 Å². The third kappa shape index (κ3) is 1.56. The quantitative estimate of drug-likeness (QED) is 0.568. The van der Waals surface area contributed by atoms with Gasteiger partial charge in [0.1, 0.15) is 0 Å². The van der Waals surface area contributed by atoms with Gasteiger partial charge in [0.15, 0.2) is 0 Å². The fourth-order valence-corrected chi connectivity index (χ4v) is 2.79. The highest BCUT2D eigenvalue weighted by Gasteiger charge is 2.30. The molecule has 1 saturated heterocycles. The van der Waals surface area contributed by atoms with Crippen molar-refractivity contribution in [3.05, 3.63) is 12.7 Å². The molecule has 0 aromatic heterocycles. The van der Waals surface area contributed by atoms with Crippen molar-refractivity contribution in [3.8, 4) is 0 Å². The van der Waals surface area contributed by atoms with E-state index in [0.717, 1.165) is 18.5 Å². The predicted octanol–water partition coefficient (Wildman–Crippen LogP) is 2.44. The van der Waals surface area contributed by atoms with Crippen molar-refractivity contribution in [1.82, 2.24) is 4.90 Å². The molecule has 1 nitrogen and oxygen atoms in total. The molecule has 0 aromatic rings. The molecule has 0 N–H and O–H groups in total. The molecule has 2 fully saturated rings. The van der Waals surface area contributed by atoms with Crippen molar-refractivity contribution in [2.75, 3.05) is 13.1 Å². The van der Waals surface area contributed by atoms with Crippen molar-refractivity contribution in [2.45, 2.75) is 38.1 Å². The van der Waals surface area contributed by atoms with Crippen LogP contribution in [0.2, 0.25) is 0 Å². The van der Waals surface area contributed by atoms with Crippen molar-refractivity contribution >= 4 is 0 Å². The Balaban J connectivity index is 1.94. The van der Waals surface area contributed by atoms with E-state index in [0.29, 0.717) is 0 Å². The molecule has 12 heavy (non-hydrogen) atoms. The molecule has 2 aliphatic rings. The zero-order valence-electron chi connectivity index (χ0n) is 7.84. The van der Waals surface area contributed by atoms with Crippen molar-refractivity contribution in [1.29, 1.82) is 0 Å². The Kier molecular flexibility index (Phi) is 2.50. The summed E-state index contributed by atoms with van der Waals surface area (Å²) in [6.07, 6.45) is 9.35. The van der Waals surface area contributed by atoms with Gasteiger partial charge in [-0.15, -0.1) is 6.58 Å². The fraction of sp³-hybridized carbons (Fsp3) is 0.818. The van der Waals surface area contributed by atoms with Crippen LogP contribution < -0.4 is 0 Å². The summed E-state index contributed by atoms with van der Waals surface area (Å²) in [6, 6.07) is 0.899. The molecule has 2 atom stereocenters. The van der Waals surface area contributed by atoms with Crippen LogP contribution in [0.3, 0.4) is 0 Å². The van der Waals surface area contributed by atoms with E-state index in [2.05, 4.69) is 17.6 Å². The Bertz CT molecular complexity index is 164. The first-order valence-electron chi connectivity index (χ1n) is 5.25. The largest absolute Gasteiger partial charge is 0.297 e. The highest BCUT2D eigenvalue weighted by atomic mass is 15.2. The van der Waals surface area contributed by atoms with Gasteiger partial charge in [-0.1, -0.05) is 18.9 Å². The van der Waals surface area contributed by atoms with Gasteiger partial charge < -0.3 is 0 Å². The lowest BCUT2D eigenvalue weighted by atomic mass is 9.80. The summed E-state index contributed by atoms with van der Waals surface area (Å²) in [5, 5.41) is 0. The van der Waals surface area contributed by atoms with E-state index in [1.807, 2.05) is 0 Å². The van der Waals surface area contributed by atoms with Gasteiger partial charge in [-0.2, -0.15) is 0 Å². The molecule has 2 unspecified atom stereocenters. The maximum Gasteiger partial charge on any atom is 0.0163 e. The zero-order chi connectivity index (χ0) is 8.39. The smallest absolute Gasteiger partial charge is 0.0163 e. The van der Waals surface area contributed by atoms with Gasteiger partial charge in [-0.3, -0.25) is 4.90 Å². The second-order valence-electron chi connectivity index (χ2n) is 4.26. The Morgan fingerprint density at radius 2 is 2.25 bits per heavy atom. The van der Waals surface area contributed by atoms with Gasteiger partial charge in [-0.05, 0) is 31.7 Å². The molecule has 1 heteroatoms. The number of hydrogen-bond acceptors (Lipinski definition) is 1. The molecule has 1 saturated carbocycles. The highest BCUT2D eigenvalue weighted by Crippen LogP contribution is 2.34. The van der Waals surface area contributed by atoms with Crippen LogP contribution in [0.1, 0.15) is 32.1 Å². The minimum atomic E-state index is 0.899. The summed E-state index contributed by atoms with van der Waals surface area (Å²) in [7, 11) is 0. The first kappa shape index (κ1) is 8.31. The zero-order valence-corrected chi connectivity index (χ0v) is 7.84. The summed E-state index contributed by atoms with van der Waals surface area (Å²) in [5.41, 5.74) is 0. The molecule has 2 bridgehead atoms. The molecular formula is C11H19N. The lowest BCUT2D eigenvalue weighted by Crippen LogP contribution is -2.44. The minimum Gasteiger partial charge on any atom is -0.297 e. The third-order valence-corrected chi connectivity index (χ3v) is 3.46. The minimum absolute atomic E-state index is 0.899. The monoisotopic (exact) mass is 165 g/mol. The van der Waals surface area contributed by atoms with Gasteiger partial charge in [-0.25, -0.2) is 0 Å². The molecule has 2 rings (SSSR count). The van der Waals surface area contributed by atoms with Crippen LogP contribution in [0.25, 0.3) is 0 Å². The van der Waals surface area contributed by atoms with E-state index in [1.54, 1.807) is 0 Å². The van der Waals surface area contributed by atoms with E-state index in [1.165, 1.54) is 38.6 Å². The summed E-state index contributed by atoms with van der Waals surface area (Å²) < 4.78 is 0. The first-order valence-corrected chi connectivity index (χ1v) is 5.25. The van der Waals surface area contributed by atoms with Gasteiger partial charge >= 0.3 is 0 Å². The van der Waals surface area contributed by atoms with Gasteiger partial charge in [0.2, 0.25) is 0 Å². The van der Waals surface area contributed by atoms with Crippen molar-refractivity contribution in [2.24, 2.45) is 5.92 Å². The summed E-state index contributed by atoms with van der Waals surface area (Å²) in [6.45, 7) is 6.25. The number of likely N-dealkylation sites (tertiary alicyclic amines) is 1. The SMILES string of the molecule is C=CCN1CCC2CCCC1C2. The van der Waals surface area contributed by atoms with Crippen LogP contribution in [0, 0.1) is 5.92 Å². The molecule has 1 aliphatic carbocycles. The maximum atomic E-state index is 3.82. The van der Waals surface area contributed by atoms with Crippen LogP contribution in [-0.2, 0) is 0 Å². The molecule has 0 spiro atoms. The standard InChI is InChI=1S/C11H19N/c1-2-7-12-8-6-10-4-3-5-11(12)9-10/h2,10-11H,1,3-9H2. The summed E-state index contributed by atoms with van der Waals surface area (Å²) in [4.78, 5) is 2.61. The van der Waals surface area contributed by atoms with Crippen LogP contribution in [0.5, 0.6) is 0 Å². The fourth-order valence-electron chi connectivity index (χ4n) is 2.79. The lowest BCUT2D eigenvalue weighted by molar-refractivity contribution is 0.0841. The van der Waals surface area contributed by atoms with Crippen LogP contribution in [0.4, 0.5) is 0 Å². The number of nitrogens with zero attached hydrogens (tertiary/aromatic N) is 1. The number of hydrogen-bond donors (Lipinski definition) is 0. The van der Waals surface area contributed by atoms with Gasteiger partial charge in [0.25, 0.3) is 0 Å². The number of rotatable bonds is 2. The molecule has 0 amide bonds. The van der Waals surface area contributed by atoms with Crippen molar-refractivity contribution in [3.63, 3.8) is 0 Å². The Morgan fingerprint density at radius 3 is 3.08 bits per heavy atom. The normalized spacial score (nSPS) is 36.3. The average Bonchev–Trinajstić information content (AvgIpc) is 2.11. The predicted molar refractivity (Wildman–Crippen MR) is 52.1 cm³/mol. The van der Waals surface area contributed by atoms with E-state index < -0.39 is 0 Å². The maximum absolute atomic E-state index is 3.82. The molecule has 0 aromatic carbocycles. The molecule has 1 heterocycles. The van der Waals surface area contributed by atoms with Gasteiger partial charge in [0.05, 0.1) is 0 Å². The second kappa shape index (κ2) is 3.61. The van der Waals surface area contributed by atoms with Crippen molar-refractivity contribution < 1.29 is 0 Å². The van der Waals surface area contributed by atoms with Crippen LogP contribution >= 0.6 is 0 Å². The van der Waals surface area contributed by atoms with E-state index in [4.69, 9.17) is 0 Å². The molecular weight excluding hydrogens is 146 g/mol. The van der Waals surface area contributed by atoms with Gasteiger partial charge in [0, 0.05) is 12.6 Å². The number of piperidine rings is 1. The van der Waals surface area contributed by atoms with E-state index in [-0.39, 0.29) is 0 Å². The van der Waals surface area contributed by atoms with E-state index in [9.17, 15) is 0 Å². The van der Waals surface area contributed by atoms with Crippen LogP contribution in [0.15, 0.2) is 12.7 Å². The Morgan fingerprint density at radius 1 is 1.33 bits per heavy atom. The summed E-state index contributed by atoms with van der Waals surface area (Å²) >= 11 is 0. The molecule has 68 valence electrons. The van der Waals surface area contributed by atoms with E-state index >= 15 is 0 Å². The highest BCUT2D eigenvalue weighted by molar-refractivity contribution is 4.88. The number of fused-ring (bicyclic) bond motifs is 2. The molecule has 0 radical (unpaired) electrons. The second-order valence-corrected chi connectivity index (χ2v) is 4.26. The average molecular weight is 165 g/mol. The topological polar surface area (TPSA) is 3.24 Å². The molecule has 1 aliphatic heterocycles. The third-order valence-electron chi connectivity index (χ3n) is 3.46. The van der Waals surface area contributed by atoms with Crippen LogP contribution in [-0.4, -0.2) is 24.0 Å².